The second-order valence-electron chi connectivity index (χ2n) is 23.9. The van der Waals surface area contributed by atoms with Crippen LogP contribution in [0.5, 0.6) is 0 Å². The highest BCUT2D eigenvalue weighted by Gasteiger charge is 2.18. The maximum atomic E-state index is 12.5. The molecule has 2 unspecified atom stereocenters. The maximum absolute atomic E-state index is 12.5. The van der Waals surface area contributed by atoms with Crippen LogP contribution in [0.4, 0.5) is 0 Å². The van der Waals surface area contributed by atoms with Crippen LogP contribution < -0.4 is 5.32 Å². The van der Waals surface area contributed by atoms with Crippen LogP contribution in [0.25, 0.3) is 0 Å². The highest BCUT2D eigenvalue weighted by Crippen LogP contribution is 2.18. The summed E-state index contributed by atoms with van der Waals surface area (Å²) in [4.78, 5) is 24.6. The lowest BCUT2D eigenvalue weighted by Gasteiger charge is -2.20. The van der Waals surface area contributed by atoms with E-state index in [2.05, 4.69) is 43.5 Å². The van der Waals surface area contributed by atoms with Crippen LogP contribution in [0.2, 0.25) is 0 Å². The second kappa shape index (κ2) is 66.6. The Morgan fingerprint density at radius 2 is 0.649 bits per heavy atom. The minimum atomic E-state index is -0.847. The van der Waals surface area contributed by atoms with Gasteiger partial charge in [0.1, 0.15) is 0 Å². The van der Waals surface area contributed by atoms with Gasteiger partial charge in [0, 0.05) is 12.8 Å². The number of carbonyl (C=O) groups excluding carboxylic acids is 2. The fraction of sp³-hybridized carbons (Fsp3) is 0.887. The van der Waals surface area contributed by atoms with E-state index >= 15 is 0 Å². The van der Waals surface area contributed by atoms with Crippen LogP contribution >= 0.6 is 0 Å². The number of aliphatic hydroxyl groups is 2. The molecule has 3 N–H and O–H groups in total. The molecule has 1 amide bonds. The van der Waals surface area contributed by atoms with Gasteiger partial charge in [0.05, 0.1) is 25.4 Å². The number of unbranched alkanes of at least 4 members (excludes halogenated alkanes) is 50. The summed E-state index contributed by atoms with van der Waals surface area (Å²) in [7, 11) is 0. The van der Waals surface area contributed by atoms with Gasteiger partial charge in [-0.15, -0.1) is 0 Å². The number of carbonyl (C=O) groups is 2. The van der Waals surface area contributed by atoms with Crippen molar-refractivity contribution in [2.24, 2.45) is 0 Å². The standard InChI is InChI=1S/C71H135NO5/c1-3-5-7-9-11-13-15-17-19-21-22-23-25-28-32-35-39-43-47-51-55-59-63-69(74)68(67-73)72-70(75)64-60-56-52-48-44-40-36-33-29-26-24-27-30-34-38-42-46-50-54-58-62-66-77-71(76)65-61-57-53-49-45-41-37-31-20-18-16-14-12-10-8-6-4-2/h12,14,18,20,59,63,68-69,73-74H,3-11,13,15-17,19,21-58,60-62,64-67H2,1-2H3,(H,72,75)/b14-12-,20-18-,63-59+. The van der Waals surface area contributed by atoms with E-state index in [4.69, 9.17) is 4.74 Å². The van der Waals surface area contributed by atoms with E-state index in [1.54, 1.807) is 6.08 Å². The van der Waals surface area contributed by atoms with Gasteiger partial charge in [-0.3, -0.25) is 9.59 Å². The minimum Gasteiger partial charge on any atom is -0.466 e. The van der Waals surface area contributed by atoms with Crippen molar-refractivity contribution in [3.63, 3.8) is 0 Å². The van der Waals surface area contributed by atoms with Crippen LogP contribution in [0.1, 0.15) is 380 Å². The molecule has 0 saturated heterocycles. The molecule has 0 aliphatic rings. The Labute approximate surface area is 481 Å². The minimum absolute atomic E-state index is 0.00423. The van der Waals surface area contributed by atoms with Crippen molar-refractivity contribution in [1.82, 2.24) is 5.32 Å². The molecule has 0 fully saturated rings. The topological polar surface area (TPSA) is 95.9 Å². The molecule has 0 aliphatic heterocycles. The summed E-state index contributed by atoms with van der Waals surface area (Å²) in [5.74, 6) is -0.0612. The van der Waals surface area contributed by atoms with Gasteiger partial charge in [0.15, 0.2) is 0 Å². The van der Waals surface area contributed by atoms with E-state index in [9.17, 15) is 19.8 Å². The second-order valence-corrected chi connectivity index (χ2v) is 23.9. The first kappa shape index (κ1) is 75.1. The quantitative estimate of drug-likeness (QED) is 0.0320. The SMILES string of the molecule is CCCCC/C=C\C/C=C\CCCCCCCCCC(=O)OCCCCCCCCCCCCCCCCCCCCCCCC(=O)NC(CO)C(O)/C=C/CCCCCCCCCCCCCCCCCCCCCC. The van der Waals surface area contributed by atoms with E-state index in [1.807, 2.05) is 6.08 Å². The third-order valence-electron chi connectivity index (χ3n) is 16.2. The number of allylic oxidation sites excluding steroid dienone is 5. The summed E-state index contributed by atoms with van der Waals surface area (Å²) in [5.41, 5.74) is 0. The molecule has 0 rings (SSSR count). The molecule has 0 bridgehead atoms. The van der Waals surface area contributed by atoms with Gasteiger partial charge >= 0.3 is 5.97 Å². The molecule has 0 heterocycles. The zero-order chi connectivity index (χ0) is 55.7. The van der Waals surface area contributed by atoms with Crippen molar-refractivity contribution in [2.75, 3.05) is 13.2 Å². The van der Waals surface area contributed by atoms with Crippen molar-refractivity contribution >= 4 is 11.9 Å². The monoisotopic (exact) mass is 1080 g/mol. The van der Waals surface area contributed by atoms with Crippen molar-refractivity contribution in [3.05, 3.63) is 36.5 Å². The lowest BCUT2D eigenvalue weighted by atomic mass is 10.0. The van der Waals surface area contributed by atoms with Gasteiger partial charge in [0.25, 0.3) is 0 Å². The normalized spacial score (nSPS) is 12.7. The van der Waals surface area contributed by atoms with Crippen molar-refractivity contribution < 1.29 is 24.5 Å². The summed E-state index contributed by atoms with van der Waals surface area (Å²) in [5, 5.41) is 23.3. The van der Waals surface area contributed by atoms with Gasteiger partial charge in [-0.05, 0) is 64.2 Å². The summed E-state index contributed by atoms with van der Waals surface area (Å²) >= 11 is 0. The number of hydrogen-bond donors (Lipinski definition) is 3. The van der Waals surface area contributed by atoms with E-state index in [0.29, 0.717) is 19.4 Å². The smallest absolute Gasteiger partial charge is 0.305 e. The molecular formula is C71H135NO5. The van der Waals surface area contributed by atoms with Crippen LogP contribution in [0.3, 0.4) is 0 Å². The number of nitrogens with one attached hydrogen (secondary N) is 1. The van der Waals surface area contributed by atoms with Gasteiger partial charge in [-0.2, -0.15) is 0 Å². The van der Waals surface area contributed by atoms with Gasteiger partial charge in [-0.1, -0.05) is 339 Å². The fourth-order valence-electron chi connectivity index (χ4n) is 10.8. The first-order valence-electron chi connectivity index (χ1n) is 34.8. The molecule has 2 atom stereocenters. The molecule has 0 aliphatic carbocycles. The lowest BCUT2D eigenvalue weighted by Crippen LogP contribution is -2.45. The molecule has 0 saturated carbocycles. The third-order valence-corrected chi connectivity index (χ3v) is 16.2. The zero-order valence-electron chi connectivity index (χ0n) is 52.0. The highest BCUT2D eigenvalue weighted by molar-refractivity contribution is 5.76. The first-order valence-corrected chi connectivity index (χ1v) is 34.8. The van der Waals surface area contributed by atoms with Crippen LogP contribution in [0, 0.1) is 0 Å². The molecule has 0 aromatic carbocycles. The Kier molecular flexibility index (Phi) is 64.9. The van der Waals surface area contributed by atoms with E-state index in [0.717, 1.165) is 51.4 Å². The average molecular weight is 1080 g/mol. The summed E-state index contributed by atoms with van der Waals surface area (Å²) < 4.78 is 5.50. The van der Waals surface area contributed by atoms with Crippen molar-refractivity contribution in [1.29, 1.82) is 0 Å². The molecule has 6 heteroatoms. The van der Waals surface area contributed by atoms with Gasteiger partial charge in [0.2, 0.25) is 5.91 Å². The number of aliphatic hydroxyl groups excluding tert-OH is 2. The largest absolute Gasteiger partial charge is 0.466 e. The van der Waals surface area contributed by atoms with Gasteiger partial charge in [-0.25, -0.2) is 0 Å². The number of amides is 1. The Hall–Kier alpha value is -1.92. The number of hydrogen-bond acceptors (Lipinski definition) is 5. The van der Waals surface area contributed by atoms with E-state index in [-0.39, 0.29) is 18.5 Å². The summed E-state index contributed by atoms with van der Waals surface area (Å²) in [6.07, 6.45) is 84.9. The van der Waals surface area contributed by atoms with Crippen molar-refractivity contribution in [3.8, 4) is 0 Å². The van der Waals surface area contributed by atoms with Crippen LogP contribution in [-0.4, -0.2) is 47.4 Å². The van der Waals surface area contributed by atoms with E-state index < -0.39 is 12.1 Å². The molecule has 0 aromatic rings. The maximum Gasteiger partial charge on any atom is 0.305 e. The number of ether oxygens (including phenoxy) is 1. The Morgan fingerprint density at radius 3 is 1.01 bits per heavy atom. The first-order chi connectivity index (χ1) is 38.0. The Balaban J connectivity index is 3.41. The molecule has 0 radical (unpaired) electrons. The number of rotatable bonds is 65. The highest BCUT2D eigenvalue weighted by atomic mass is 16.5. The predicted molar refractivity (Wildman–Crippen MR) is 338 cm³/mol. The zero-order valence-corrected chi connectivity index (χ0v) is 52.0. The van der Waals surface area contributed by atoms with E-state index in [1.165, 1.54) is 302 Å². The average Bonchev–Trinajstić information content (AvgIpc) is 3.43. The molecule has 0 aromatic heterocycles. The molecule has 0 spiro atoms. The predicted octanol–water partition coefficient (Wildman–Crippen LogP) is 22.3. The van der Waals surface area contributed by atoms with Crippen LogP contribution in [-0.2, 0) is 14.3 Å². The van der Waals surface area contributed by atoms with Gasteiger partial charge < -0.3 is 20.3 Å². The summed E-state index contributed by atoms with van der Waals surface area (Å²) in [6, 6.07) is -0.630. The Bertz CT molecular complexity index is 1250. The number of esters is 1. The lowest BCUT2D eigenvalue weighted by molar-refractivity contribution is -0.143. The Morgan fingerprint density at radius 1 is 0.364 bits per heavy atom. The van der Waals surface area contributed by atoms with Crippen molar-refractivity contribution in [2.45, 2.75) is 392 Å². The fourth-order valence-corrected chi connectivity index (χ4v) is 10.8. The molecule has 77 heavy (non-hydrogen) atoms. The summed E-state index contributed by atoms with van der Waals surface area (Å²) in [6.45, 7) is 4.91. The van der Waals surface area contributed by atoms with Crippen LogP contribution in [0.15, 0.2) is 36.5 Å². The molecule has 6 nitrogen and oxygen atoms in total. The molecule has 454 valence electrons. The third kappa shape index (κ3) is 63.1. The molecular weight excluding hydrogens is 947 g/mol.